The molecule has 1 heterocycles. The fraction of sp³-hybridized carbons (Fsp3) is 0.182. The zero-order valence-electron chi connectivity index (χ0n) is 16.0. The Kier molecular flexibility index (Phi) is 6.52. The van der Waals surface area contributed by atoms with Crippen LogP contribution in [-0.2, 0) is 20.7 Å². The van der Waals surface area contributed by atoms with Gasteiger partial charge in [-0.3, -0.25) is 4.79 Å². The second-order valence-corrected chi connectivity index (χ2v) is 6.43. The van der Waals surface area contributed by atoms with Gasteiger partial charge in [-0.25, -0.2) is 4.79 Å². The number of ether oxygens (including phenoxy) is 2. The SMILES string of the molecule is C=C(C)C(=O)OCCCc1ccc2cc(-c3ccc(OC=O)cc3)o[nH]oc2c1. The van der Waals surface area contributed by atoms with Crippen molar-refractivity contribution in [3.8, 4) is 17.1 Å². The van der Waals surface area contributed by atoms with E-state index in [1.807, 2.05) is 24.3 Å². The van der Waals surface area contributed by atoms with Crippen LogP contribution < -0.4 is 4.74 Å². The van der Waals surface area contributed by atoms with Gasteiger partial charge in [0, 0.05) is 16.5 Å². The molecule has 3 rings (SSSR count). The van der Waals surface area contributed by atoms with Crippen molar-refractivity contribution >= 4 is 23.4 Å². The molecular formula is C22H21NO6. The van der Waals surface area contributed by atoms with Crippen molar-refractivity contribution in [1.82, 2.24) is 5.33 Å². The first-order chi connectivity index (χ1) is 14.1. The first-order valence-electron chi connectivity index (χ1n) is 9.03. The van der Waals surface area contributed by atoms with Crippen LogP contribution in [0.25, 0.3) is 22.3 Å². The van der Waals surface area contributed by atoms with Crippen molar-refractivity contribution in [3.63, 3.8) is 0 Å². The van der Waals surface area contributed by atoms with Gasteiger partial charge in [-0.05, 0) is 61.7 Å². The van der Waals surface area contributed by atoms with E-state index in [0.29, 0.717) is 42.2 Å². The molecule has 0 radical (unpaired) electrons. The van der Waals surface area contributed by atoms with E-state index in [-0.39, 0.29) is 5.97 Å². The maximum absolute atomic E-state index is 11.4. The maximum atomic E-state index is 11.4. The lowest BCUT2D eigenvalue weighted by atomic mass is 10.1. The van der Waals surface area contributed by atoms with E-state index >= 15 is 0 Å². The standard InChI is InChI=1S/C22H21NO6/c1-15(2)22(25)26-11-3-4-16-5-6-18-13-21(29-23-28-20(18)12-16)17-7-9-19(10-8-17)27-14-24/h5-10,12-14,23H,1,3-4,11H2,2H3. The number of aryl methyl sites for hydroxylation is 1. The minimum absolute atomic E-state index is 0.332. The van der Waals surface area contributed by atoms with E-state index < -0.39 is 0 Å². The van der Waals surface area contributed by atoms with Crippen LogP contribution in [0.3, 0.4) is 0 Å². The second kappa shape index (κ2) is 9.45. The number of H-pyrrole nitrogens is 1. The highest BCUT2D eigenvalue weighted by atomic mass is 16.7. The normalized spacial score (nSPS) is 10.4. The van der Waals surface area contributed by atoms with Gasteiger partial charge in [0.2, 0.25) is 0 Å². The smallest absolute Gasteiger partial charge is 0.333 e. The molecule has 0 unspecified atom stereocenters. The lowest BCUT2D eigenvalue weighted by Gasteiger charge is -2.04. The number of carbonyl (C=O) groups excluding carboxylic acids is 2. The highest BCUT2D eigenvalue weighted by Crippen LogP contribution is 2.24. The summed E-state index contributed by atoms with van der Waals surface area (Å²) in [6.07, 6.45) is 1.42. The zero-order chi connectivity index (χ0) is 20.6. The largest absolute Gasteiger partial charge is 0.462 e. The Hall–Kier alpha value is -3.74. The summed E-state index contributed by atoms with van der Waals surface area (Å²) in [4.78, 5) is 21.8. The molecule has 0 aliphatic heterocycles. The summed E-state index contributed by atoms with van der Waals surface area (Å²) in [5, 5.41) is 3.32. The van der Waals surface area contributed by atoms with E-state index in [4.69, 9.17) is 18.5 Å². The molecular weight excluding hydrogens is 374 g/mol. The van der Waals surface area contributed by atoms with Gasteiger partial charge >= 0.3 is 5.97 Å². The molecule has 29 heavy (non-hydrogen) atoms. The molecule has 1 N–H and O–H groups in total. The van der Waals surface area contributed by atoms with Crippen LogP contribution in [0.4, 0.5) is 0 Å². The molecule has 7 heteroatoms. The van der Waals surface area contributed by atoms with Crippen molar-refractivity contribution in [2.45, 2.75) is 19.8 Å². The lowest BCUT2D eigenvalue weighted by molar-refractivity contribution is -0.139. The second-order valence-electron chi connectivity index (χ2n) is 6.43. The predicted molar refractivity (Wildman–Crippen MR) is 107 cm³/mol. The van der Waals surface area contributed by atoms with Gasteiger partial charge in [0.15, 0.2) is 11.3 Å². The molecule has 0 aliphatic carbocycles. The molecule has 0 bridgehead atoms. The van der Waals surface area contributed by atoms with Gasteiger partial charge in [0.05, 0.1) is 6.61 Å². The van der Waals surface area contributed by atoms with E-state index in [1.165, 1.54) is 0 Å². The average Bonchev–Trinajstić information content (AvgIpc) is 2.94. The molecule has 0 saturated heterocycles. The van der Waals surface area contributed by atoms with Crippen LogP contribution in [-0.4, -0.2) is 24.4 Å². The van der Waals surface area contributed by atoms with Crippen LogP contribution >= 0.6 is 0 Å². The van der Waals surface area contributed by atoms with Crippen molar-refractivity contribution in [3.05, 3.63) is 66.2 Å². The predicted octanol–water partition coefficient (Wildman–Crippen LogP) is 4.73. The summed E-state index contributed by atoms with van der Waals surface area (Å²) < 4.78 is 20.9. The van der Waals surface area contributed by atoms with Gasteiger partial charge in [-0.2, -0.15) is 0 Å². The van der Waals surface area contributed by atoms with Crippen LogP contribution in [0.1, 0.15) is 18.9 Å². The van der Waals surface area contributed by atoms with Gasteiger partial charge in [-0.15, -0.1) is 0 Å². The Morgan fingerprint density at radius 3 is 2.66 bits per heavy atom. The molecule has 1 aromatic heterocycles. The molecule has 0 saturated carbocycles. The van der Waals surface area contributed by atoms with Crippen molar-refractivity contribution in [2.75, 3.05) is 6.61 Å². The van der Waals surface area contributed by atoms with E-state index in [0.717, 1.165) is 22.9 Å². The number of nitrogens with one attached hydrogen (secondary N) is 1. The zero-order valence-corrected chi connectivity index (χ0v) is 16.0. The number of benzene rings is 2. The van der Waals surface area contributed by atoms with Crippen molar-refractivity contribution < 1.29 is 28.1 Å². The van der Waals surface area contributed by atoms with Crippen LogP contribution in [0.15, 0.2) is 69.7 Å². The number of fused-ring (bicyclic) bond motifs is 1. The number of rotatable bonds is 8. The molecule has 0 aliphatic rings. The van der Waals surface area contributed by atoms with Crippen LogP contribution in [0.2, 0.25) is 0 Å². The molecule has 3 aromatic rings. The summed E-state index contributed by atoms with van der Waals surface area (Å²) in [5.74, 6) is 0.627. The Labute approximate surface area is 167 Å². The molecule has 2 aromatic carbocycles. The lowest BCUT2D eigenvalue weighted by Crippen LogP contribution is -2.06. The maximum Gasteiger partial charge on any atom is 0.333 e. The highest BCUT2D eigenvalue weighted by molar-refractivity contribution is 5.86. The molecule has 7 nitrogen and oxygen atoms in total. The summed E-state index contributed by atoms with van der Waals surface area (Å²) in [5.41, 5.74) is 2.85. The van der Waals surface area contributed by atoms with E-state index in [2.05, 4.69) is 11.9 Å². The number of hydrogen-bond donors (Lipinski definition) is 1. The van der Waals surface area contributed by atoms with Crippen LogP contribution in [0.5, 0.6) is 5.75 Å². The Morgan fingerprint density at radius 2 is 1.93 bits per heavy atom. The third-order valence-electron chi connectivity index (χ3n) is 4.18. The molecule has 0 spiro atoms. The quantitative estimate of drug-likeness (QED) is 0.256. The third-order valence-corrected chi connectivity index (χ3v) is 4.18. The van der Waals surface area contributed by atoms with Gasteiger partial charge in [0.25, 0.3) is 6.47 Å². The van der Waals surface area contributed by atoms with Crippen molar-refractivity contribution in [1.29, 1.82) is 0 Å². The number of aromatic nitrogens is 1. The Balaban J connectivity index is 1.73. The van der Waals surface area contributed by atoms with Crippen LogP contribution in [0, 0.1) is 0 Å². The minimum Gasteiger partial charge on any atom is -0.462 e. The number of hydrogen-bond acceptors (Lipinski definition) is 6. The van der Waals surface area contributed by atoms with Gasteiger partial charge in [0.1, 0.15) is 5.75 Å². The number of aromatic amines is 1. The highest BCUT2D eigenvalue weighted by Gasteiger charge is 2.06. The fourth-order valence-electron chi connectivity index (χ4n) is 2.68. The third kappa shape index (κ3) is 5.38. The van der Waals surface area contributed by atoms with E-state index in [1.54, 1.807) is 31.2 Å². The molecule has 0 amide bonds. The average molecular weight is 395 g/mol. The summed E-state index contributed by atoms with van der Waals surface area (Å²) >= 11 is 0. The summed E-state index contributed by atoms with van der Waals surface area (Å²) in [6.45, 7) is 5.89. The molecule has 0 atom stereocenters. The first kappa shape index (κ1) is 20.0. The monoisotopic (exact) mass is 395 g/mol. The van der Waals surface area contributed by atoms with Crippen molar-refractivity contribution in [2.24, 2.45) is 0 Å². The van der Waals surface area contributed by atoms with Gasteiger partial charge < -0.3 is 18.5 Å². The van der Waals surface area contributed by atoms with E-state index in [9.17, 15) is 9.59 Å². The number of carbonyl (C=O) groups is 2. The topological polar surface area (TPSA) is 94.7 Å². The molecule has 150 valence electrons. The number of esters is 1. The first-order valence-corrected chi connectivity index (χ1v) is 9.03. The minimum atomic E-state index is -0.375. The Morgan fingerprint density at radius 1 is 1.14 bits per heavy atom. The van der Waals surface area contributed by atoms with Gasteiger partial charge in [-0.1, -0.05) is 24.0 Å². The Bertz CT molecular complexity index is 1050. The molecule has 0 fully saturated rings. The fourth-order valence-corrected chi connectivity index (χ4v) is 2.68. The summed E-state index contributed by atoms with van der Waals surface area (Å²) in [7, 11) is 0. The summed E-state index contributed by atoms with van der Waals surface area (Å²) in [6, 6.07) is 14.6.